The summed E-state index contributed by atoms with van der Waals surface area (Å²) < 4.78 is 45.8. The molecule has 0 atom stereocenters. The normalized spacial score (nSPS) is 11.6. The lowest BCUT2D eigenvalue weighted by molar-refractivity contribution is -0.139. The predicted octanol–water partition coefficient (Wildman–Crippen LogP) is 6.38. The molecule has 7 heteroatoms. The van der Waals surface area contributed by atoms with Gasteiger partial charge in [0.1, 0.15) is 5.75 Å². The largest absolute Gasteiger partial charge is 0.493 e. The number of benzene rings is 1. The van der Waals surface area contributed by atoms with Crippen molar-refractivity contribution in [1.82, 2.24) is 9.97 Å². The lowest BCUT2D eigenvalue weighted by atomic mass is 10.1. The number of alkyl halides is 3. The highest BCUT2D eigenvalue weighted by Gasteiger charge is 2.34. The van der Waals surface area contributed by atoms with Crippen LogP contribution >= 0.6 is 11.3 Å². The average Bonchev–Trinajstić information content (AvgIpc) is 3.14. The monoisotopic (exact) mass is 406 g/mol. The van der Waals surface area contributed by atoms with Gasteiger partial charge in [-0.25, -0.2) is 4.98 Å². The molecule has 0 radical (unpaired) electrons. The van der Waals surface area contributed by atoms with Crippen molar-refractivity contribution >= 4 is 11.3 Å². The molecule has 2 heterocycles. The molecule has 28 heavy (non-hydrogen) atoms. The molecule has 3 aromatic rings. The Hall–Kier alpha value is -2.41. The Morgan fingerprint density at radius 1 is 1.07 bits per heavy atom. The third-order valence-corrected chi connectivity index (χ3v) is 5.09. The van der Waals surface area contributed by atoms with Crippen LogP contribution in [0.15, 0.2) is 48.1 Å². The quantitative estimate of drug-likeness (QED) is 0.407. The summed E-state index contributed by atoms with van der Waals surface area (Å²) in [6.45, 7) is 2.33. The van der Waals surface area contributed by atoms with Crippen molar-refractivity contribution in [3.8, 4) is 17.0 Å². The molecule has 0 saturated heterocycles. The first kappa shape index (κ1) is 20.3. The smallest absolute Gasteiger partial charge is 0.419 e. The van der Waals surface area contributed by atoms with Gasteiger partial charge in [-0.05, 0) is 36.2 Å². The van der Waals surface area contributed by atoms with Gasteiger partial charge in [0.25, 0.3) is 0 Å². The van der Waals surface area contributed by atoms with Crippen LogP contribution < -0.4 is 4.74 Å². The first-order valence-corrected chi connectivity index (χ1v) is 10.0. The van der Waals surface area contributed by atoms with Gasteiger partial charge in [0.2, 0.25) is 0 Å². The van der Waals surface area contributed by atoms with E-state index in [1.807, 2.05) is 24.4 Å². The fourth-order valence-corrected chi connectivity index (χ4v) is 3.63. The Morgan fingerprint density at radius 2 is 1.86 bits per heavy atom. The summed E-state index contributed by atoms with van der Waals surface area (Å²) in [6.07, 6.45) is 1.92. The molecular formula is C21H21F3N2OS. The minimum Gasteiger partial charge on any atom is -0.493 e. The minimum atomic E-state index is -4.46. The molecule has 0 aliphatic rings. The highest BCUT2D eigenvalue weighted by Crippen LogP contribution is 2.37. The van der Waals surface area contributed by atoms with E-state index in [0.29, 0.717) is 12.0 Å². The predicted molar refractivity (Wildman–Crippen MR) is 105 cm³/mol. The Bertz CT molecular complexity index is 894. The molecule has 3 nitrogen and oxygen atoms in total. The molecule has 0 bridgehead atoms. The van der Waals surface area contributed by atoms with Gasteiger partial charge in [0.05, 0.1) is 22.9 Å². The van der Waals surface area contributed by atoms with E-state index in [0.717, 1.165) is 35.5 Å². The third kappa shape index (κ3) is 5.32. The van der Waals surface area contributed by atoms with Gasteiger partial charge in [-0.2, -0.15) is 13.2 Å². The summed E-state index contributed by atoms with van der Waals surface area (Å²) in [5.41, 5.74) is 1.56. The fraction of sp³-hybridized carbons (Fsp3) is 0.333. The van der Waals surface area contributed by atoms with Crippen LogP contribution in [0.25, 0.3) is 11.3 Å². The Morgan fingerprint density at radius 3 is 2.57 bits per heavy atom. The molecule has 0 aliphatic carbocycles. The summed E-state index contributed by atoms with van der Waals surface area (Å²) in [4.78, 5) is 8.51. The average molecular weight is 406 g/mol. The van der Waals surface area contributed by atoms with Crippen molar-refractivity contribution in [2.24, 2.45) is 0 Å². The number of aromatic nitrogens is 2. The SMILES string of the molecule is CCCCCOc1ccc(Cc2nc(-c3ccncc3)cs2)cc1C(F)(F)F. The number of rotatable bonds is 8. The summed E-state index contributed by atoms with van der Waals surface area (Å²) in [7, 11) is 0. The number of halogens is 3. The van der Waals surface area contributed by atoms with Crippen molar-refractivity contribution in [2.75, 3.05) is 6.61 Å². The van der Waals surface area contributed by atoms with E-state index in [4.69, 9.17) is 4.74 Å². The highest BCUT2D eigenvalue weighted by molar-refractivity contribution is 7.10. The van der Waals surface area contributed by atoms with Crippen LogP contribution in [0.3, 0.4) is 0 Å². The van der Waals surface area contributed by atoms with E-state index in [1.54, 1.807) is 18.5 Å². The number of unbranched alkanes of at least 4 members (excludes halogenated alkanes) is 2. The Labute approximate surface area is 166 Å². The number of ether oxygens (including phenoxy) is 1. The maximum absolute atomic E-state index is 13.5. The highest BCUT2D eigenvalue weighted by atomic mass is 32.1. The Balaban J connectivity index is 1.76. The summed E-state index contributed by atoms with van der Waals surface area (Å²) in [5.74, 6) is -0.107. The maximum atomic E-state index is 13.5. The zero-order chi connectivity index (χ0) is 20.0. The van der Waals surface area contributed by atoms with E-state index in [2.05, 4.69) is 9.97 Å². The van der Waals surface area contributed by atoms with Gasteiger partial charge >= 0.3 is 6.18 Å². The second-order valence-corrected chi connectivity index (χ2v) is 7.37. The molecular weight excluding hydrogens is 385 g/mol. The molecule has 0 aliphatic heterocycles. The fourth-order valence-electron chi connectivity index (χ4n) is 2.79. The number of pyridine rings is 1. The van der Waals surface area contributed by atoms with Crippen molar-refractivity contribution in [2.45, 2.75) is 38.8 Å². The van der Waals surface area contributed by atoms with Gasteiger partial charge in [0, 0.05) is 29.8 Å². The topological polar surface area (TPSA) is 35.0 Å². The lowest BCUT2D eigenvalue weighted by Gasteiger charge is -2.15. The van der Waals surface area contributed by atoms with Gasteiger partial charge in [0.15, 0.2) is 0 Å². The van der Waals surface area contributed by atoms with Crippen molar-refractivity contribution in [3.05, 3.63) is 64.2 Å². The standard InChI is InChI=1S/C21H21F3N2OS/c1-2-3-4-11-27-19-6-5-15(12-17(19)21(22,23)24)13-20-26-18(14-28-20)16-7-9-25-10-8-16/h5-10,12,14H,2-4,11,13H2,1H3. The van der Waals surface area contributed by atoms with Crippen molar-refractivity contribution < 1.29 is 17.9 Å². The molecule has 0 amide bonds. The van der Waals surface area contributed by atoms with Crippen LogP contribution in [-0.4, -0.2) is 16.6 Å². The van der Waals surface area contributed by atoms with Crippen LogP contribution in [0.1, 0.15) is 42.3 Å². The zero-order valence-electron chi connectivity index (χ0n) is 15.5. The molecule has 0 N–H and O–H groups in total. The van der Waals surface area contributed by atoms with E-state index in [1.165, 1.54) is 23.5 Å². The summed E-state index contributed by atoms with van der Waals surface area (Å²) in [6, 6.07) is 7.97. The lowest BCUT2D eigenvalue weighted by Crippen LogP contribution is -2.10. The number of nitrogens with zero attached hydrogens (tertiary/aromatic N) is 2. The molecule has 3 rings (SSSR count). The van der Waals surface area contributed by atoms with Crippen LogP contribution in [0, 0.1) is 0 Å². The molecule has 0 saturated carbocycles. The van der Waals surface area contributed by atoms with E-state index in [-0.39, 0.29) is 12.4 Å². The van der Waals surface area contributed by atoms with Gasteiger partial charge in [-0.15, -0.1) is 11.3 Å². The van der Waals surface area contributed by atoms with Crippen LogP contribution in [0.4, 0.5) is 13.2 Å². The first-order chi connectivity index (χ1) is 13.5. The molecule has 148 valence electrons. The number of hydrogen-bond donors (Lipinski definition) is 0. The number of thiazole rings is 1. The third-order valence-electron chi connectivity index (χ3n) is 4.24. The molecule has 0 fully saturated rings. The summed E-state index contributed by atoms with van der Waals surface area (Å²) >= 11 is 1.43. The van der Waals surface area contributed by atoms with Gasteiger partial charge in [-0.1, -0.05) is 25.8 Å². The van der Waals surface area contributed by atoms with E-state index < -0.39 is 11.7 Å². The van der Waals surface area contributed by atoms with Gasteiger partial charge in [-0.3, -0.25) is 4.98 Å². The van der Waals surface area contributed by atoms with Crippen molar-refractivity contribution in [1.29, 1.82) is 0 Å². The van der Waals surface area contributed by atoms with E-state index in [9.17, 15) is 13.2 Å². The Kier molecular flexibility index (Phi) is 6.67. The maximum Gasteiger partial charge on any atom is 0.419 e. The van der Waals surface area contributed by atoms with Crippen molar-refractivity contribution in [3.63, 3.8) is 0 Å². The molecule has 0 unspecified atom stereocenters. The van der Waals surface area contributed by atoms with Crippen LogP contribution in [0.5, 0.6) is 5.75 Å². The van der Waals surface area contributed by atoms with E-state index >= 15 is 0 Å². The zero-order valence-corrected chi connectivity index (χ0v) is 16.3. The molecule has 0 spiro atoms. The second kappa shape index (κ2) is 9.19. The number of hydrogen-bond acceptors (Lipinski definition) is 4. The van der Waals surface area contributed by atoms with Gasteiger partial charge < -0.3 is 4.74 Å². The second-order valence-electron chi connectivity index (χ2n) is 6.42. The molecule has 1 aromatic carbocycles. The van der Waals surface area contributed by atoms with Crippen LogP contribution in [-0.2, 0) is 12.6 Å². The summed E-state index contributed by atoms with van der Waals surface area (Å²) in [5, 5.41) is 2.66. The molecule has 2 aromatic heterocycles. The minimum absolute atomic E-state index is 0.107. The first-order valence-electron chi connectivity index (χ1n) is 9.15. The van der Waals surface area contributed by atoms with Crippen LogP contribution in [0.2, 0.25) is 0 Å².